The summed E-state index contributed by atoms with van der Waals surface area (Å²) in [5, 5.41) is 3.30. The minimum absolute atomic E-state index is 0.0528. The molecule has 1 aromatic carbocycles. The van der Waals surface area contributed by atoms with Crippen LogP contribution in [-0.2, 0) is 4.79 Å². The largest absolute Gasteiger partial charge is 0.354 e. The lowest BCUT2D eigenvalue weighted by molar-refractivity contribution is -0.130. The Balaban J connectivity index is 1.63. The first kappa shape index (κ1) is 17.9. The number of aromatic nitrogens is 1. The smallest absolute Gasteiger partial charge is 0.272 e. The molecule has 0 aliphatic carbocycles. The molecule has 6 heteroatoms. The number of aryl methyl sites for hydroxylation is 2. The molecular weight excluding hydrogens is 328 g/mol. The first-order valence-corrected chi connectivity index (χ1v) is 8.79. The fourth-order valence-corrected chi connectivity index (χ4v) is 2.97. The van der Waals surface area contributed by atoms with Crippen LogP contribution in [0, 0.1) is 13.8 Å². The van der Waals surface area contributed by atoms with Crippen LogP contribution < -0.4 is 5.32 Å². The van der Waals surface area contributed by atoms with Gasteiger partial charge in [0.1, 0.15) is 5.69 Å². The molecule has 1 fully saturated rings. The van der Waals surface area contributed by atoms with E-state index in [-0.39, 0.29) is 11.8 Å². The fourth-order valence-electron chi connectivity index (χ4n) is 2.97. The predicted octanol–water partition coefficient (Wildman–Crippen LogP) is 2.75. The molecule has 6 nitrogen and oxygen atoms in total. The van der Waals surface area contributed by atoms with E-state index in [1.165, 1.54) is 11.1 Å². The lowest BCUT2D eigenvalue weighted by Gasteiger charge is -2.34. The highest BCUT2D eigenvalue weighted by Crippen LogP contribution is 2.19. The van der Waals surface area contributed by atoms with E-state index < -0.39 is 0 Å². The maximum atomic E-state index is 12.6. The molecule has 1 aliphatic rings. The van der Waals surface area contributed by atoms with Gasteiger partial charge in [-0.3, -0.25) is 9.59 Å². The Kier molecular flexibility index (Phi) is 5.21. The Labute approximate surface area is 153 Å². The zero-order chi connectivity index (χ0) is 18.7. The normalized spacial score (nSPS) is 14.3. The average molecular weight is 352 g/mol. The van der Waals surface area contributed by atoms with Crippen LogP contribution in [0.15, 0.2) is 36.5 Å². The minimum Gasteiger partial charge on any atom is -0.354 e. The molecule has 3 rings (SSSR count). The second-order valence-corrected chi connectivity index (χ2v) is 6.65. The van der Waals surface area contributed by atoms with E-state index in [4.69, 9.17) is 0 Å². The first-order chi connectivity index (χ1) is 12.4. The van der Waals surface area contributed by atoms with Crippen molar-refractivity contribution in [2.75, 3.05) is 31.5 Å². The van der Waals surface area contributed by atoms with Gasteiger partial charge in [0.2, 0.25) is 5.91 Å². The number of nitrogens with one attached hydrogen (secondary N) is 1. The molecular formula is C20H24N4O2. The number of rotatable bonds is 3. The summed E-state index contributed by atoms with van der Waals surface area (Å²) in [5.74, 6) is -0.0390. The van der Waals surface area contributed by atoms with Crippen molar-refractivity contribution < 1.29 is 9.59 Å². The van der Waals surface area contributed by atoms with E-state index >= 15 is 0 Å². The number of carbonyl (C=O) groups excluding carboxylic acids is 2. The van der Waals surface area contributed by atoms with Crippen LogP contribution in [0.2, 0.25) is 0 Å². The number of piperazine rings is 1. The zero-order valence-corrected chi connectivity index (χ0v) is 15.5. The standard InChI is InChI=1S/C20H24N4O2/c1-14-4-5-17(12-15(14)2)22-18-6-7-19(21-13-18)20(26)24-10-8-23(9-11-24)16(3)25/h4-7,12-13,22H,8-11H2,1-3H3. The van der Waals surface area contributed by atoms with Gasteiger partial charge in [0.25, 0.3) is 5.91 Å². The first-order valence-electron chi connectivity index (χ1n) is 8.79. The van der Waals surface area contributed by atoms with E-state index in [2.05, 4.69) is 36.3 Å². The maximum Gasteiger partial charge on any atom is 0.272 e. The van der Waals surface area contributed by atoms with Crippen molar-refractivity contribution in [3.8, 4) is 0 Å². The van der Waals surface area contributed by atoms with Crippen LogP contribution in [0.5, 0.6) is 0 Å². The molecule has 0 saturated carbocycles. The number of carbonyl (C=O) groups is 2. The van der Waals surface area contributed by atoms with Gasteiger partial charge >= 0.3 is 0 Å². The fraction of sp³-hybridized carbons (Fsp3) is 0.350. The van der Waals surface area contributed by atoms with Crippen LogP contribution in [0.25, 0.3) is 0 Å². The van der Waals surface area contributed by atoms with E-state index in [0.29, 0.717) is 31.9 Å². The van der Waals surface area contributed by atoms with Crippen molar-refractivity contribution in [2.45, 2.75) is 20.8 Å². The molecule has 0 unspecified atom stereocenters. The van der Waals surface area contributed by atoms with Crippen molar-refractivity contribution in [1.29, 1.82) is 0 Å². The van der Waals surface area contributed by atoms with E-state index in [9.17, 15) is 9.59 Å². The number of hydrogen-bond acceptors (Lipinski definition) is 4. The zero-order valence-electron chi connectivity index (χ0n) is 15.5. The van der Waals surface area contributed by atoms with Gasteiger partial charge in [0, 0.05) is 38.8 Å². The Bertz CT molecular complexity index is 809. The number of benzene rings is 1. The molecule has 0 spiro atoms. The number of hydrogen-bond donors (Lipinski definition) is 1. The van der Waals surface area contributed by atoms with Crippen molar-refractivity contribution in [1.82, 2.24) is 14.8 Å². The lowest BCUT2D eigenvalue weighted by Crippen LogP contribution is -2.50. The number of amides is 2. The highest BCUT2D eigenvalue weighted by atomic mass is 16.2. The molecule has 26 heavy (non-hydrogen) atoms. The quantitative estimate of drug-likeness (QED) is 0.922. The van der Waals surface area contributed by atoms with Crippen molar-refractivity contribution in [3.63, 3.8) is 0 Å². The number of pyridine rings is 1. The molecule has 1 saturated heterocycles. The van der Waals surface area contributed by atoms with Gasteiger partial charge in [0.15, 0.2) is 0 Å². The molecule has 2 heterocycles. The molecule has 0 radical (unpaired) electrons. The maximum absolute atomic E-state index is 12.6. The van der Waals surface area contributed by atoms with Crippen LogP contribution in [-0.4, -0.2) is 52.8 Å². The molecule has 0 bridgehead atoms. The Morgan fingerprint density at radius 3 is 2.15 bits per heavy atom. The third-order valence-electron chi connectivity index (χ3n) is 4.79. The van der Waals surface area contributed by atoms with Crippen LogP contribution in [0.3, 0.4) is 0 Å². The van der Waals surface area contributed by atoms with E-state index in [0.717, 1.165) is 11.4 Å². The van der Waals surface area contributed by atoms with Gasteiger partial charge in [-0.25, -0.2) is 4.98 Å². The van der Waals surface area contributed by atoms with Crippen molar-refractivity contribution in [2.24, 2.45) is 0 Å². The third kappa shape index (κ3) is 4.02. The summed E-state index contributed by atoms with van der Waals surface area (Å²) >= 11 is 0. The Hall–Kier alpha value is -2.89. The highest BCUT2D eigenvalue weighted by Gasteiger charge is 2.23. The molecule has 2 aromatic rings. The molecule has 1 N–H and O–H groups in total. The molecule has 1 aromatic heterocycles. The van der Waals surface area contributed by atoms with Gasteiger partial charge in [-0.15, -0.1) is 0 Å². The molecule has 2 amide bonds. The highest BCUT2D eigenvalue weighted by molar-refractivity contribution is 5.92. The summed E-state index contributed by atoms with van der Waals surface area (Å²) in [6, 6.07) is 9.78. The SMILES string of the molecule is CC(=O)N1CCN(C(=O)c2ccc(Nc3ccc(C)c(C)c3)cn2)CC1. The monoisotopic (exact) mass is 352 g/mol. The summed E-state index contributed by atoms with van der Waals surface area (Å²) < 4.78 is 0. The lowest BCUT2D eigenvalue weighted by atomic mass is 10.1. The molecule has 136 valence electrons. The van der Waals surface area contributed by atoms with Gasteiger partial charge in [-0.05, 0) is 49.2 Å². The van der Waals surface area contributed by atoms with E-state index in [1.54, 1.807) is 29.0 Å². The summed E-state index contributed by atoms with van der Waals surface area (Å²) in [6.07, 6.45) is 1.67. The summed E-state index contributed by atoms with van der Waals surface area (Å²) in [7, 11) is 0. The van der Waals surface area contributed by atoms with Gasteiger partial charge in [0.05, 0.1) is 11.9 Å². The van der Waals surface area contributed by atoms with Crippen molar-refractivity contribution in [3.05, 3.63) is 53.3 Å². The van der Waals surface area contributed by atoms with Gasteiger partial charge in [-0.1, -0.05) is 6.07 Å². The predicted molar refractivity (Wildman–Crippen MR) is 102 cm³/mol. The second kappa shape index (κ2) is 7.56. The van der Waals surface area contributed by atoms with Crippen LogP contribution in [0.1, 0.15) is 28.5 Å². The topological polar surface area (TPSA) is 65.5 Å². The van der Waals surface area contributed by atoms with Crippen molar-refractivity contribution >= 4 is 23.2 Å². The molecule has 0 atom stereocenters. The Morgan fingerprint density at radius 2 is 1.58 bits per heavy atom. The van der Waals surface area contributed by atoms with Crippen LogP contribution in [0.4, 0.5) is 11.4 Å². The molecule has 1 aliphatic heterocycles. The second-order valence-electron chi connectivity index (χ2n) is 6.65. The third-order valence-corrected chi connectivity index (χ3v) is 4.79. The number of nitrogens with zero attached hydrogens (tertiary/aromatic N) is 3. The van der Waals surface area contributed by atoms with Gasteiger partial charge < -0.3 is 15.1 Å². The summed E-state index contributed by atoms with van der Waals surface area (Å²) in [5.41, 5.74) is 4.73. The summed E-state index contributed by atoms with van der Waals surface area (Å²) in [6.45, 7) is 7.95. The average Bonchev–Trinajstić information content (AvgIpc) is 2.65. The minimum atomic E-state index is -0.0917. The van der Waals surface area contributed by atoms with Gasteiger partial charge in [-0.2, -0.15) is 0 Å². The summed E-state index contributed by atoms with van der Waals surface area (Å²) in [4.78, 5) is 31.8. The van der Waals surface area contributed by atoms with E-state index in [1.807, 2.05) is 12.1 Å². The van der Waals surface area contributed by atoms with Crippen LogP contribution >= 0.6 is 0 Å². The Morgan fingerprint density at radius 1 is 0.923 bits per heavy atom. The number of anilines is 2.